The van der Waals surface area contributed by atoms with Crippen LogP contribution in [0.5, 0.6) is 0 Å². The molecule has 1 amide bonds. The third-order valence-corrected chi connectivity index (χ3v) is 2.72. The van der Waals surface area contributed by atoms with Crippen LogP contribution in [0.25, 0.3) is 0 Å². The molecular formula is C13H10ClN3O3. The molecule has 1 aromatic heterocycles. The molecule has 0 radical (unpaired) electrons. The van der Waals surface area contributed by atoms with E-state index in [1.807, 2.05) is 0 Å². The highest BCUT2D eigenvalue weighted by Crippen LogP contribution is 2.13. The van der Waals surface area contributed by atoms with Gasteiger partial charge in [0.2, 0.25) is 0 Å². The van der Waals surface area contributed by atoms with Gasteiger partial charge in [-0.1, -0.05) is 41.9 Å². The summed E-state index contributed by atoms with van der Waals surface area (Å²) in [5, 5.41) is 18.9. The van der Waals surface area contributed by atoms with Crippen molar-refractivity contribution in [1.29, 1.82) is 0 Å². The number of halogens is 1. The van der Waals surface area contributed by atoms with E-state index in [9.17, 15) is 14.7 Å². The van der Waals surface area contributed by atoms with Gasteiger partial charge in [0.1, 0.15) is 0 Å². The van der Waals surface area contributed by atoms with E-state index in [4.69, 9.17) is 11.6 Å². The standard InChI is InChI=1S/C13H10ClN3O3/c14-10-7-6-9(16-17-10)12(18)15-11(13(19)20)8-4-2-1-3-5-8/h1-7,11H,(H,15,18)(H,19,20)/t11-/m1/s1. The van der Waals surface area contributed by atoms with Crippen molar-refractivity contribution >= 4 is 23.5 Å². The normalized spacial score (nSPS) is 11.7. The van der Waals surface area contributed by atoms with E-state index in [2.05, 4.69) is 15.5 Å². The average molecular weight is 292 g/mol. The van der Waals surface area contributed by atoms with E-state index < -0.39 is 17.9 Å². The van der Waals surface area contributed by atoms with Crippen LogP contribution < -0.4 is 5.32 Å². The maximum absolute atomic E-state index is 11.9. The molecule has 0 spiro atoms. The number of aliphatic carboxylic acids is 1. The quantitative estimate of drug-likeness (QED) is 0.894. The second-order valence-electron chi connectivity index (χ2n) is 3.90. The number of carboxylic acid groups (broad SMARTS) is 1. The van der Waals surface area contributed by atoms with E-state index in [0.717, 1.165) is 0 Å². The molecular weight excluding hydrogens is 282 g/mol. The number of carbonyl (C=O) groups excluding carboxylic acids is 1. The third-order valence-electron chi connectivity index (χ3n) is 2.52. The van der Waals surface area contributed by atoms with Crippen molar-refractivity contribution in [3.05, 3.63) is 58.9 Å². The number of nitrogens with zero attached hydrogens (tertiary/aromatic N) is 2. The molecule has 7 heteroatoms. The SMILES string of the molecule is O=C(N[C@@H](C(=O)O)c1ccccc1)c1ccc(Cl)nn1. The molecule has 6 nitrogen and oxygen atoms in total. The number of benzene rings is 1. The number of rotatable bonds is 4. The molecule has 0 unspecified atom stereocenters. The lowest BCUT2D eigenvalue weighted by Crippen LogP contribution is -2.34. The van der Waals surface area contributed by atoms with Crippen molar-refractivity contribution in [2.24, 2.45) is 0 Å². The molecule has 2 aromatic rings. The second-order valence-corrected chi connectivity index (χ2v) is 4.28. The fourth-order valence-electron chi connectivity index (χ4n) is 1.58. The van der Waals surface area contributed by atoms with Gasteiger partial charge < -0.3 is 10.4 Å². The number of hydrogen-bond donors (Lipinski definition) is 2. The number of amides is 1. The number of carbonyl (C=O) groups is 2. The van der Waals surface area contributed by atoms with Crippen LogP contribution in [0.3, 0.4) is 0 Å². The lowest BCUT2D eigenvalue weighted by Gasteiger charge is -2.14. The van der Waals surface area contributed by atoms with E-state index in [1.54, 1.807) is 30.3 Å². The Morgan fingerprint density at radius 3 is 2.35 bits per heavy atom. The third kappa shape index (κ3) is 3.30. The minimum Gasteiger partial charge on any atom is -0.479 e. The molecule has 0 saturated carbocycles. The summed E-state index contributed by atoms with van der Waals surface area (Å²) in [7, 11) is 0. The zero-order chi connectivity index (χ0) is 14.5. The average Bonchev–Trinajstić information content (AvgIpc) is 2.46. The molecule has 102 valence electrons. The fourth-order valence-corrected chi connectivity index (χ4v) is 1.68. The van der Waals surface area contributed by atoms with Crippen molar-refractivity contribution in [3.8, 4) is 0 Å². The van der Waals surface area contributed by atoms with Crippen LogP contribution in [0.2, 0.25) is 5.15 Å². The first-order valence-electron chi connectivity index (χ1n) is 5.66. The Labute approximate surface area is 119 Å². The van der Waals surface area contributed by atoms with Gasteiger partial charge in [-0.3, -0.25) is 4.79 Å². The van der Waals surface area contributed by atoms with Gasteiger partial charge in [-0.25, -0.2) is 4.79 Å². The maximum Gasteiger partial charge on any atom is 0.330 e. The zero-order valence-electron chi connectivity index (χ0n) is 10.2. The predicted octanol–water partition coefficient (Wildman–Crippen LogP) is 1.69. The summed E-state index contributed by atoms with van der Waals surface area (Å²) in [5.74, 6) is -1.79. The highest BCUT2D eigenvalue weighted by Gasteiger charge is 2.23. The minimum atomic E-state index is -1.16. The van der Waals surface area contributed by atoms with E-state index >= 15 is 0 Å². The highest BCUT2D eigenvalue weighted by molar-refractivity contribution is 6.29. The van der Waals surface area contributed by atoms with Crippen molar-refractivity contribution in [3.63, 3.8) is 0 Å². The summed E-state index contributed by atoms with van der Waals surface area (Å²) in [6.07, 6.45) is 0. The van der Waals surface area contributed by atoms with Crippen LogP contribution in [0.15, 0.2) is 42.5 Å². The topological polar surface area (TPSA) is 92.2 Å². The van der Waals surface area contributed by atoms with Crippen molar-refractivity contribution in [2.45, 2.75) is 6.04 Å². The summed E-state index contributed by atoms with van der Waals surface area (Å²) in [6, 6.07) is 10.0. The first-order valence-corrected chi connectivity index (χ1v) is 6.03. The molecule has 2 rings (SSSR count). The van der Waals surface area contributed by atoms with Crippen LogP contribution in [0.1, 0.15) is 22.1 Å². The van der Waals surface area contributed by atoms with Gasteiger partial charge in [0, 0.05) is 0 Å². The van der Waals surface area contributed by atoms with Gasteiger partial charge >= 0.3 is 5.97 Å². The van der Waals surface area contributed by atoms with Crippen LogP contribution >= 0.6 is 11.6 Å². The van der Waals surface area contributed by atoms with E-state index in [-0.39, 0.29) is 10.8 Å². The molecule has 0 fully saturated rings. The molecule has 0 aliphatic rings. The number of nitrogens with one attached hydrogen (secondary N) is 1. The Hall–Kier alpha value is -2.47. The predicted molar refractivity (Wildman–Crippen MR) is 71.3 cm³/mol. The summed E-state index contributed by atoms with van der Waals surface area (Å²) < 4.78 is 0. The summed E-state index contributed by atoms with van der Waals surface area (Å²) >= 11 is 5.57. The van der Waals surface area contributed by atoms with Gasteiger partial charge in [-0.2, -0.15) is 0 Å². The van der Waals surface area contributed by atoms with Crippen LogP contribution in [0, 0.1) is 0 Å². The Kier molecular flexibility index (Phi) is 4.27. The Bertz CT molecular complexity index is 617. The molecule has 0 aliphatic heterocycles. The van der Waals surface area contributed by atoms with Gasteiger partial charge in [0.05, 0.1) is 0 Å². The van der Waals surface area contributed by atoms with E-state index in [0.29, 0.717) is 5.56 Å². The maximum atomic E-state index is 11.9. The molecule has 2 N–H and O–H groups in total. The molecule has 0 aliphatic carbocycles. The lowest BCUT2D eigenvalue weighted by molar-refractivity contribution is -0.139. The Morgan fingerprint density at radius 2 is 1.80 bits per heavy atom. The molecule has 1 atom stereocenters. The first kappa shape index (κ1) is 14.0. The Morgan fingerprint density at radius 1 is 1.10 bits per heavy atom. The van der Waals surface area contributed by atoms with Gasteiger partial charge in [0.25, 0.3) is 5.91 Å². The van der Waals surface area contributed by atoms with Crippen molar-refractivity contribution < 1.29 is 14.7 Å². The second kappa shape index (κ2) is 6.12. The molecule has 0 saturated heterocycles. The lowest BCUT2D eigenvalue weighted by atomic mass is 10.1. The number of aromatic nitrogens is 2. The van der Waals surface area contributed by atoms with Gasteiger partial charge in [-0.05, 0) is 17.7 Å². The monoisotopic (exact) mass is 291 g/mol. The number of hydrogen-bond acceptors (Lipinski definition) is 4. The molecule has 0 bridgehead atoms. The van der Waals surface area contributed by atoms with Crippen LogP contribution in [0.4, 0.5) is 0 Å². The van der Waals surface area contributed by atoms with Gasteiger partial charge in [-0.15, -0.1) is 10.2 Å². The van der Waals surface area contributed by atoms with Crippen LogP contribution in [-0.2, 0) is 4.79 Å². The first-order chi connectivity index (χ1) is 9.58. The molecule has 1 heterocycles. The minimum absolute atomic E-state index is 0.00317. The molecule has 20 heavy (non-hydrogen) atoms. The Balaban J connectivity index is 2.19. The summed E-state index contributed by atoms with van der Waals surface area (Å²) in [4.78, 5) is 23.2. The van der Waals surface area contributed by atoms with Crippen molar-refractivity contribution in [1.82, 2.24) is 15.5 Å². The zero-order valence-corrected chi connectivity index (χ0v) is 10.9. The molecule has 1 aromatic carbocycles. The highest BCUT2D eigenvalue weighted by atomic mass is 35.5. The number of carboxylic acids is 1. The summed E-state index contributed by atoms with van der Waals surface area (Å²) in [5.41, 5.74) is 0.465. The van der Waals surface area contributed by atoms with E-state index in [1.165, 1.54) is 12.1 Å². The summed E-state index contributed by atoms with van der Waals surface area (Å²) in [6.45, 7) is 0. The fraction of sp³-hybridized carbons (Fsp3) is 0.0769. The van der Waals surface area contributed by atoms with Crippen molar-refractivity contribution in [2.75, 3.05) is 0 Å². The largest absolute Gasteiger partial charge is 0.479 e. The van der Waals surface area contributed by atoms with Crippen LogP contribution in [-0.4, -0.2) is 27.2 Å². The smallest absolute Gasteiger partial charge is 0.330 e. The van der Waals surface area contributed by atoms with Gasteiger partial charge in [0.15, 0.2) is 16.9 Å².